The first-order chi connectivity index (χ1) is 6.65. The van der Waals surface area contributed by atoms with E-state index in [9.17, 15) is 0 Å². The van der Waals surface area contributed by atoms with Crippen LogP contribution in [-0.2, 0) is 0 Å². The highest BCUT2D eigenvalue weighted by Gasteiger charge is 2.00. The predicted octanol–water partition coefficient (Wildman–Crippen LogP) is 1.96. The van der Waals surface area contributed by atoms with Crippen LogP contribution in [0.3, 0.4) is 0 Å². The summed E-state index contributed by atoms with van der Waals surface area (Å²) < 4.78 is 0. The summed E-state index contributed by atoms with van der Waals surface area (Å²) in [5, 5.41) is 3.15. The van der Waals surface area contributed by atoms with E-state index in [1.807, 2.05) is 7.05 Å². The molecule has 0 amide bonds. The van der Waals surface area contributed by atoms with Gasteiger partial charge in [-0.2, -0.15) is 0 Å². The molecule has 1 aromatic carbocycles. The normalized spacial score (nSPS) is 10.3. The highest BCUT2D eigenvalue weighted by atomic mass is 15.1. The SMILES string of the molecule is CNCCN(C)c1ccc(C)c(C)c1. The van der Waals surface area contributed by atoms with Gasteiger partial charge in [0, 0.05) is 25.8 Å². The van der Waals surface area contributed by atoms with E-state index in [1.165, 1.54) is 16.8 Å². The zero-order valence-electron chi connectivity index (χ0n) is 9.59. The molecule has 1 aromatic rings. The molecule has 0 aliphatic rings. The maximum atomic E-state index is 3.15. The summed E-state index contributed by atoms with van der Waals surface area (Å²) in [7, 11) is 4.11. The van der Waals surface area contributed by atoms with E-state index in [4.69, 9.17) is 0 Å². The van der Waals surface area contributed by atoms with Gasteiger partial charge >= 0.3 is 0 Å². The van der Waals surface area contributed by atoms with E-state index >= 15 is 0 Å². The average Bonchev–Trinajstić information content (AvgIpc) is 2.18. The van der Waals surface area contributed by atoms with Crippen molar-refractivity contribution >= 4 is 5.69 Å². The average molecular weight is 192 g/mol. The van der Waals surface area contributed by atoms with Gasteiger partial charge in [-0.25, -0.2) is 0 Å². The quantitative estimate of drug-likeness (QED) is 0.784. The Hall–Kier alpha value is -1.02. The summed E-state index contributed by atoms with van der Waals surface area (Å²) in [5.74, 6) is 0. The Kier molecular flexibility index (Phi) is 3.96. The van der Waals surface area contributed by atoms with E-state index in [2.05, 4.69) is 49.3 Å². The molecule has 14 heavy (non-hydrogen) atoms. The molecule has 0 aliphatic carbocycles. The molecule has 0 saturated heterocycles. The monoisotopic (exact) mass is 192 g/mol. The molecule has 2 nitrogen and oxygen atoms in total. The summed E-state index contributed by atoms with van der Waals surface area (Å²) in [5.41, 5.74) is 4.01. The van der Waals surface area contributed by atoms with Crippen LogP contribution in [0, 0.1) is 13.8 Å². The zero-order chi connectivity index (χ0) is 10.6. The Labute approximate surface area is 86.9 Å². The molecular formula is C12H20N2. The Morgan fingerprint density at radius 1 is 1.21 bits per heavy atom. The first-order valence-electron chi connectivity index (χ1n) is 5.08. The molecule has 2 heteroatoms. The van der Waals surface area contributed by atoms with Crippen molar-refractivity contribution in [3.05, 3.63) is 29.3 Å². The molecule has 0 atom stereocenters. The first-order valence-corrected chi connectivity index (χ1v) is 5.08. The Balaban J connectivity index is 2.70. The van der Waals surface area contributed by atoms with Gasteiger partial charge in [-0.15, -0.1) is 0 Å². The third kappa shape index (κ3) is 2.74. The second-order valence-corrected chi connectivity index (χ2v) is 3.79. The fourth-order valence-corrected chi connectivity index (χ4v) is 1.37. The van der Waals surface area contributed by atoms with Gasteiger partial charge in [0.2, 0.25) is 0 Å². The van der Waals surface area contributed by atoms with Crippen LogP contribution in [0.15, 0.2) is 18.2 Å². The van der Waals surface area contributed by atoms with Crippen LogP contribution in [0.5, 0.6) is 0 Å². The number of nitrogens with one attached hydrogen (secondary N) is 1. The number of rotatable bonds is 4. The molecule has 0 spiro atoms. The van der Waals surface area contributed by atoms with Gasteiger partial charge in [0.1, 0.15) is 0 Å². The maximum Gasteiger partial charge on any atom is 0.0366 e. The minimum atomic E-state index is 1.02. The van der Waals surface area contributed by atoms with Crippen molar-refractivity contribution in [2.45, 2.75) is 13.8 Å². The van der Waals surface area contributed by atoms with E-state index in [0.717, 1.165) is 13.1 Å². The molecule has 0 aromatic heterocycles. The minimum Gasteiger partial charge on any atom is -0.373 e. The third-order valence-corrected chi connectivity index (χ3v) is 2.63. The third-order valence-electron chi connectivity index (χ3n) is 2.63. The Morgan fingerprint density at radius 2 is 1.93 bits per heavy atom. The van der Waals surface area contributed by atoms with Crippen molar-refractivity contribution in [3.8, 4) is 0 Å². The van der Waals surface area contributed by atoms with Crippen molar-refractivity contribution < 1.29 is 0 Å². The van der Waals surface area contributed by atoms with E-state index in [0.29, 0.717) is 0 Å². The molecule has 0 aliphatic heterocycles. The van der Waals surface area contributed by atoms with Crippen LogP contribution in [0.2, 0.25) is 0 Å². The smallest absolute Gasteiger partial charge is 0.0366 e. The minimum absolute atomic E-state index is 1.02. The van der Waals surface area contributed by atoms with Crippen LogP contribution in [0.4, 0.5) is 5.69 Å². The van der Waals surface area contributed by atoms with Crippen LogP contribution >= 0.6 is 0 Å². The highest BCUT2D eigenvalue weighted by Crippen LogP contribution is 2.16. The van der Waals surface area contributed by atoms with Gasteiger partial charge in [0.15, 0.2) is 0 Å². The van der Waals surface area contributed by atoms with Crippen LogP contribution < -0.4 is 10.2 Å². The number of aryl methyl sites for hydroxylation is 2. The summed E-state index contributed by atoms with van der Waals surface area (Å²) in [4.78, 5) is 2.27. The second kappa shape index (κ2) is 5.01. The molecule has 0 fully saturated rings. The molecule has 78 valence electrons. The van der Waals surface area contributed by atoms with Crippen molar-refractivity contribution in [2.75, 3.05) is 32.1 Å². The molecule has 0 bridgehead atoms. The number of anilines is 1. The summed E-state index contributed by atoms with van der Waals surface area (Å²) in [6.07, 6.45) is 0. The molecule has 1 rings (SSSR count). The lowest BCUT2D eigenvalue weighted by Gasteiger charge is -2.20. The van der Waals surface area contributed by atoms with Crippen LogP contribution in [0.1, 0.15) is 11.1 Å². The van der Waals surface area contributed by atoms with E-state index in [1.54, 1.807) is 0 Å². The van der Waals surface area contributed by atoms with Gasteiger partial charge in [-0.1, -0.05) is 6.07 Å². The van der Waals surface area contributed by atoms with Crippen LogP contribution in [-0.4, -0.2) is 27.2 Å². The van der Waals surface area contributed by atoms with Gasteiger partial charge in [0.05, 0.1) is 0 Å². The number of nitrogens with zero attached hydrogens (tertiary/aromatic N) is 1. The number of likely N-dealkylation sites (N-methyl/N-ethyl adjacent to an activating group) is 2. The van der Waals surface area contributed by atoms with Crippen molar-refractivity contribution in [2.24, 2.45) is 0 Å². The highest BCUT2D eigenvalue weighted by molar-refractivity contribution is 5.49. The zero-order valence-corrected chi connectivity index (χ0v) is 9.59. The topological polar surface area (TPSA) is 15.3 Å². The van der Waals surface area contributed by atoms with Gasteiger partial charge in [0.25, 0.3) is 0 Å². The van der Waals surface area contributed by atoms with Crippen molar-refractivity contribution in [1.29, 1.82) is 0 Å². The number of hydrogen-bond acceptors (Lipinski definition) is 2. The van der Waals surface area contributed by atoms with E-state index < -0.39 is 0 Å². The van der Waals surface area contributed by atoms with Crippen molar-refractivity contribution in [1.82, 2.24) is 5.32 Å². The second-order valence-electron chi connectivity index (χ2n) is 3.79. The Morgan fingerprint density at radius 3 is 2.50 bits per heavy atom. The van der Waals surface area contributed by atoms with Gasteiger partial charge < -0.3 is 10.2 Å². The molecule has 0 saturated carbocycles. The fraction of sp³-hybridized carbons (Fsp3) is 0.500. The summed E-state index contributed by atoms with van der Waals surface area (Å²) in [6, 6.07) is 6.60. The molecule has 0 heterocycles. The van der Waals surface area contributed by atoms with Crippen molar-refractivity contribution in [3.63, 3.8) is 0 Å². The molecule has 1 N–H and O–H groups in total. The summed E-state index contributed by atoms with van der Waals surface area (Å²) >= 11 is 0. The Bertz CT molecular complexity index is 294. The maximum absolute atomic E-state index is 3.15. The lowest BCUT2D eigenvalue weighted by atomic mass is 10.1. The first kappa shape index (κ1) is 11.1. The molecular weight excluding hydrogens is 172 g/mol. The van der Waals surface area contributed by atoms with Gasteiger partial charge in [-0.05, 0) is 44.2 Å². The standard InChI is InChI=1S/C12H20N2/c1-10-5-6-12(9-11(10)2)14(4)8-7-13-3/h5-6,9,13H,7-8H2,1-4H3. The summed E-state index contributed by atoms with van der Waals surface area (Å²) in [6.45, 7) is 6.36. The van der Waals surface area contributed by atoms with Gasteiger partial charge in [-0.3, -0.25) is 0 Å². The molecule has 0 unspecified atom stereocenters. The lowest BCUT2D eigenvalue weighted by Crippen LogP contribution is -2.27. The number of benzene rings is 1. The lowest BCUT2D eigenvalue weighted by molar-refractivity contribution is 0.767. The molecule has 0 radical (unpaired) electrons. The number of hydrogen-bond donors (Lipinski definition) is 1. The largest absolute Gasteiger partial charge is 0.373 e. The van der Waals surface area contributed by atoms with Crippen LogP contribution in [0.25, 0.3) is 0 Å². The predicted molar refractivity (Wildman–Crippen MR) is 63.1 cm³/mol. The van der Waals surface area contributed by atoms with E-state index in [-0.39, 0.29) is 0 Å². The fourth-order valence-electron chi connectivity index (χ4n) is 1.37.